The van der Waals surface area contributed by atoms with Crippen LogP contribution in [0.5, 0.6) is 5.75 Å². The number of rotatable bonds is 8. The third-order valence-corrected chi connectivity index (χ3v) is 6.66. The molecule has 3 aromatic rings. The van der Waals surface area contributed by atoms with Gasteiger partial charge in [-0.3, -0.25) is 9.10 Å². The van der Waals surface area contributed by atoms with Crippen LogP contribution in [-0.2, 0) is 21.4 Å². The number of halogens is 1. The first-order valence-corrected chi connectivity index (χ1v) is 11.4. The van der Waals surface area contributed by atoms with Crippen LogP contribution in [0.4, 0.5) is 5.69 Å². The standard InChI is InChI=1S/C22H21BrN2O4S/c1-29-21-13-6-5-8-17(21)15-24-22(26)16-25(19-10-7-9-18(23)14-19)30(27,28)20-11-3-2-4-12-20/h2-14H,15-16H2,1H3,(H,24,26). The molecule has 0 bridgehead atoms. The molecular weight excluding hydrogens is 468 g/mol. The van der Waals surface area contributed by atoms with Gasteiger partial charge in [-0.1, -0.05) is 58.4 Å². The summed E-state index contributed by atoms with van der Waals surface area (Å²) in [4.78, 5) is 12.8. The second-order valence-corrected chi connectivity index (χ2v) is 9.17. The van der Waals surface area contributed by atoms with Gasteiger partial charge in [0.1, 0.15) is 12.3 Å². The fourth-order valence-corrected chi connectivity index (χ4v) is 4.72. The molecule has 0 saturated heterocycles. The molecule has 0 radical (unpaired) electrons. The predicted molar refractivity (Wildman–Crippen MR) is 120 cm³/mol. The van der Waals surface area contributed by atoms with Crippen molar-refractivity contribution >= 4 is 37.5 Å². The SMILES string of the molecule is COc1ccccc1CNC(=O)CN(c1cccc(Br)c1)S(=O)(=O)c1ccccc1. The summed E-state index contributed by atoms with van der Waals surface area (Å²) in [5, 5.41) is 2.78. The average molecular weight is 489 g/mol. The molecule has 0 unspecified atom stereocenters. The van der Waals surface area contributed by atoms with Crippen LogP contribution in [0, 0.1) is 0 Å². The Balaban J connectivity index is 1.85. The van der Waals surface area contributed by atoms with E-state index in [1.165, 1.54) is 12.1 Å². The average Bonchev–Trinajstić information content (AvgIpc) is 2.76. The molecule has 0 heterocycles. The highest BCUT2D eigenvalue weighted by molar-refractivity contribution is 9.10. The van der Waals surface area contributed by atoms with E-state index in [1.807, 2.05) is 18.2 Å². The molecule has 1 N–H and O–H groups in total. The number of anilines is 1. The molecule has 3 rings (SSSR count). The van der Waals surface area contributed by atoms with E-state index in [2.05, 4.69) is 21.2 Å². The highest BCUT2D eigenvalue weighted by Gasteiger charge is 2.27. The van der Waals surface area contributed by atoms with E-state index >= 15 is 0 Å². The second-order valence-electron chi connectivity index (χ2n) is 6.39. The molecule has 0 aliphatic rings. The van der Waals surface area contributed by atoms with E-state index < -0.39 is 15.9 Å². The number of amides is 1. The van der Waals surface area contributed by atoms with Crippen molar-refractivity contribution in [2.24, 2.45) is 0 Å². The highest BCUT2D eigenvalue weighted by Crippen LogP contribution is 2.26. The molecule has 0 atom stereocenters. The van der Waals surface area contributed by atoms with Crippen molar-refractivity contribution in [2.75, 3.05) is 18.0 Å². The van der Waals surface area contributed by atoms with Gasteiger partial charge in [0.15, 0.2) is 0 Å². The molecule has 0 aliphatic heterocycles. The number of nitrogens with one attached hydrogen (secondary N) is 1. The predicted octanol–water partition coefficient (Wildman–Crippen LogP) is 3.97. The number of sulfonamides is 1. The van der Waals surface area contributed by atoms with Gasteiger partial charge in [0.25, 0.3) is 10.0 Å². The molecule has 0 aliphatic carbocycles. The zero-order chi connectivity index (χ0) is 21.6. The number of para-hydroxylation sites is 1. The lowest BCUT2D eigenvalue weighted by atomic mass is 10.2. The molecule has 0 aromatic heterocycles. The Morgan fingerprint density at radius 2 is 1.70 bits per heavy atom. The Labute approximate surface area is 184 Å². The van der Waals surface area contributed by atoms with E-state index in [1.54, 1.807) is 55.6 Å². The number of carbonyl (C=O) groups excluding carboxylic acids is 1. The van der Waals surface area contributed by atoms with Crippen molar-refractivity contribution in [1.82, 2.24) is 5.32 Å². The van der Waals surface area contributed by atoms with E-state index in [-0.39, 0.29) is 18.0 Å². The number of ether oxygens (including phenoxy) is 1. The van der Waals surface area contributed by atoms with Crippen LogP contribution in [0.3, 0.4) is 0 Å². The zero-order valence-corrected chi connectivity index (χ0v) is 18.7. The summed E-state index contributed by atoms with van der Waals surface area (Å²) in [5.74, 6) is 0.221. The van der Waals surface area contributed by atoms with E-state index in [9.17, 15) is 13.2 Å². The summed E-state index contributed by atoms with van der Waals surface area (Å²) in [7, 11) is -2.38. The topological polar surface area (TPSA) is 75.7 Å². The minimum Gasteiger partial charge on any atom is -0.496 e. The Hall–Kier alpha value is -2.84. The van der Waals surface area contributed by atoms with Crippen molar-refractivity contribution < 1.29 is 17.9 Å². The maximum absolute atomic E-state index is 13.3. The van der Waals surface area contributed by atoms with Gasteiger partial charge in [0.05, 0.1) is 17.7 Å². The lowest BCUT2D eigenvalue weighted by molar-refractivity contribution is -0.119. The van der Waals surface area contributed by atoms with Gasteiger partial charge in [-0.05, 0) is 36.4 Å². The molecule has 3 aromatic carbocycles. The van der Waals surface area contributed by atoms with Crippen LogP contribution in [-0.4, -0.2) is 28.0 Å². The first-order valence-electron chi connectivity index (χ1n) is 9.14. The quantitative estimate of drug-likeness (QED) is 0.520. The van der Waals surface area contributed by atoms with Gasteiger partial charge >= 0.3 is 0 Å². The molecule has 156 valence electrons. The fraction of sp³-hybridized carbons (Fsp3) is 0.136. The normalized spacial score (nSPS) is 11.0. The van der Waals surface area contributed by atoms with Crippen molar-refractivity contribution in [3.8, 4) is 5.75 Å². The minimum absolute atomic E-state index is 0.113. The number of hydrogen-bond acceptors (Lipinski definition) is 4. The van der Waals surface area contributed by atoms with Crippen molar-refractivity contribution in [3.05, 3.63) is 88.9 Å². The Kier molecular flexibility index (Phi) is 7.12. The number of methoxy groups -OCH3 is 1. The molecule has 30 heavy (non-hydrogen) atoms. The monoisotopic (exact) mass is 488 g/mol. The lowest BCUT2D eigenvalue weighted by Crippen LogP contribution is -2.40. The summed E-state index contributed by atoms with van der Waals surface area (Å²) in [5.41, 5.74) is 1.19. The van der Waals surface area contributed by atoms with Crippen molar-refractivity contribution in [2.45, 2.75) is 11.4 Å². The van der Waals surface area contributed by atoms with E-state index in [0.29, 0.717) is 15.9 Å². The summed E-state index contributed by atoms with van der Waals surface area (Å²) < 4.78 is 33.6. The third kappa shape index (κ3) is 5.20. The third-order valence-electron chi connectivity index (χ3n) is 4.38. The van der Waals surface area contributed by atoms with E-state index in [4.69, 9.17) is 4.74 Å². The van der Waals surface area contributed by atoms with Crippen LogP contribution in [0.15, 0.2) is 88.2 Å². The first kappa shape index (κ1) is 21.9. The van der Waals surface area contributed by atoms with Crippen molar-refractivity contribution in [3.63, 3.8) is 0 Å². The Morgan fingerprint density at radius 3 is 2.40 bits per heavy atom. The molecule has 1 amide bonds. The van der Waals surface area contributed by atoms with Gasteiger partial charge in [0.2, 0.25) is 5.91 Å². The molecular formula is C22H21BrN2O4S. The zero-order valence-electron chi connectivity index (χ0n) is 16.3. The van der Waals surface area contributed by atoms with Gasteiger partial charge in [-0.2, -0.15) is 0 Å². The smallest absolute Gasteiger partial charge is 0.264 e. The van der Waals surface area contributed by atoms with Gasteiger partial charge < -0.3 is 10.1 Å². The van der Waals surface area contributed by atoms with Crippen LogP contribution in [0.2, 0.25) is 0 Å². The summed E-state index contributed by atoms with van der Waals surface area (Å²) in [6.07, 6.45) is 0. The fourth-order valence-electron chi connectivity index (χ4n) is 2.90. The maximum Gasteiger partial charge on any atom is 0.264 e. The largest absolute Gasteiger partial charge is 0.496 e. The molecule has 0 saturated carbocycles. The lowest BCUT2D eigenvalue weighted by Gasteiger charge is -2.24. The van der Waals surface area contributed by atoms with Gasteiger partial charge in [0, 0.05) is 16.6 Å². The number of hydrogen-bond donors (Lipinski definition) is 1. The van der Waals surface area contributed by atoms with Crippen LogP contribution in [0.25, 0.3) is 0 Å². The molecule has 0 fully saturated rings. The highest BCUT2D eigenvalue weighted by atomic mass is 79.9. The first-order chi connectivity index (χ1) is 14.4. The van der Waals surface area contributed by atoms with Crippen LogP contribution >= 0.6 is 15.9 Å². The number of carbonyl (C=O) groups is 1. The Morgan fingerprint density at radius 1 is 1.00 bits per heavy atom. The molecule has 8 heteroatoms. The van der Waals surface area contributed by atoms with Crippen LogP contribution < -0.4 is 14.4 Å². The van der Waals surface area contributed by atoms with E-state index in [0.717, 1.165) is 9.87 Å². The summed E-state index contributed by atoms with van der Waals surface area (Å²) in [6.45, 7) is -0.136. The molecule has 0 spiro atoms. The minimum atomic E-state index is -3.93. The number of nitrogens with zero attached hydrogens (tertiary/aromatic N) is 1. The second kappa shape index (κ2) is 9.77. The summed E-state index contributed by atoms with van der Waals surface area (Å²) in [6, 6.07) is 22.2. The van der Waals surface area contributed by atoms with Crippen molar-refractivity contribution in [1.29, 1.82) is 0 Å². The van der Waals surface area contributed by atoms with Crippen LogP contribution in [0.1, 0.15) is 5.56 Å². The molecule has 6 nitrogen and oxygen atoms in total. The maximum atomic E-state index is 13.3. The Bertz CT molecular complexity index is 1120. The van der Waals surface area contributed by atoms with Gasteiger partial charge in [-0.15, -0.1) is 0 Å². The van der Waals surface area contributed by atoms with Gasteiger partial charge in [-0.25, -0.2) is 8.42 Å². The number of benzene rings is 3. The summed E-state index contributed by atoms with van der Waals surface area (Å²) >= 11 is 3.36.